The molecule has 10 heteroatoms. The highest BCUT2D eigenvalue weighted by atomic mass is 35.5. The van der Waals surface area contributed by atoms with Crippen molar-refractivity contribution in [1.82, 2.24) is 10.3 Å². The summed E-state index contributed by atoms with van der Waals surface area (Å²) in [5.41, 5.74) is 1.51. The number of thiazole rings is 1. The third-order valence-electron chi connectivity index (χ3n) is 4.80. The molecular formula is C22H14ClN5O2S2. The van der Waals surface area contributed by atoms with Crippen LogP contribution in [0.4, 0.5) is 5.13 Å². The second-order valence-corrected chi connectivity index (χ2v) is 9.20. The molecule has 1 aromatic heterocycles. The normalized spacial score (nSPS) is 18.0. The fourth-order valence-electron chi connectivity index (χ4n) is 3.36. The van der Waals surface area contributed by atoms with Crippen LogP contribution >= 0.6 is 34.7 Å². The zero-order chi connectivity index (χ0) is 22.7. The monoisotopic (exact) mass is 479 g/mol. The number of thioether (sulfide) groups is 1. The molecule has 7 nitrogen and oxygen atoms in total. The van der Waals surface area contributed by atoms with E-state index in [0.29, 0.717) is 15.7 Å². The number of rotatable bonds is 5. The van der Waals surface area contributed by atoms with Gasteiger partial charge in [0.25, 0.3) is 0 Å². The van der Waals surface area contributed by atoms with Gasteiger partial charge in [0, 0.05) is 10.9 Å². The maximum atomic E-state index is 12.6. The first kappa shape index (κ1) is 21.8. The molecule has 0 radical (unpaired) electrons. The minimum atomic E-state index is -1.11. The van der Waals surface area contributed by atoms with E-state index in [1.807, 2.05) is 30.3 Å². The van der Waals surface area contributed by atoms with Crippen molar-refractivity contribution in [2.24, 2.45) is 5.92 Å². The summed E-state index contributed by atoms with van der Waals surface area (Å²) in [5, 5.41) is 25.8. The van der Waals surface area contributed by atoms with Gasteiger partial charge in [-0.2, -0.15) is 10.5 Å². The van der Waals surface area contributed by atoms with Crippen molar-refractivity contribution >= 4 is 61.9 Å². The van der Waals surface area contributed by atoms with Crippen LogP contribution in [0.25, 0.3) is 10.2 Å². The smallest absolute Gasteiger partial charge is 0.243 e. The Hall–Kier alpha value is -3.37. The molecular weight excluding hydrogens is 466 g/mol. The number of nitrogens with one attached hydrogen (secondary N) is 2. The van der Waals surface area contributed by atoms with E-state index < -0.39 is 17.7 Å². The molecule has 0 bridgehead atoms. The lowest BCUT2D eigenvalue weighted by Crippen LogP contribution is -2.39. The lowest BCUT2D eigenvalue weighted by molar-refractivity contribution is -0.123. The number of hydrogen-bond donors (Lipinski definition) is 2. The van der Waals surface area contributed by atoms with Gasteiger partial charge in [0.2, 0.25) is 11.8 Å². The number of aromatic nitrogens is 1. The van der Waals surface area contributed by atoms with Gasteiger partial charge in [0.15, 0.2) is 5.13 Å². The minimum Gasteiger partial charge on any atom is -0.319 e. The van der Waals surface area contributed by atoms with E-state index >= 15 is 0 Å². The third-order valence-corrected chi connectivity index (χ3v) is 7.11. The number of carbonyl (C=O) groups excluding carboxylic acids is 2. The summed E-state index contributed by atoms with van der Waals surface area (Å²) in [4.78, 5) is 29.4. The van der Waals surface area contributed by atoms with Gasteiger partial charge < -0.3 is 10.6 Å². The first-order chi connectivity index (χ1) is 15.5. The van der Waals surface area contributed by atoms with Crippen molar-refractivity contribution in [1.29, 1.82) is 10.5 Å². The Morgan fingerprint density at radius 2 is 1.97 bits per heavy atom. The first-order valence-corrected chi connectivity index (χ1v) is 11.6. The van der Waals surface area contributed by atoms with Crippen LogP contribution in [0.1, 0.15) is 11.5 Å². The highest BCUT2D eigenvalue weighted by Gasteiger charge is 2.40. The van der Waals surface area contributed by atoms with Crippen LogP contribution in [0.2, 0.25) is 5.02 Å². The van der Waals surface area contributed by atoms with Crippen molar-refractivity contribution in [3.05, 3.63) is 69.7 Å². The number of amides is 2. The summed E-state index contributed by atoms with van der Waals surface area (Å²) in [6.45, 7) is 0. The van der Waals surface area contributed by atoms with Gasteiger partial charge in [-0.25, -0.2) is 4.98 Å². The van der Waals surface area contributed by atoms with E-state index in [1.54, 1.807) is 24.3 Å². The van der Waals surface area contributed by atoms with E-state index in [1.165, 1.54) is 11.3 Å². The molecule has 2 N–H and O–H groups in total. The predicted molar refractivity (Wildman–Crippen MR) is 125 cm³/mol. The van der Waals surface area contributed by atoms with Crippen molar-refractivity contribution in [3.63, 3.8) is 0 Å². The molecule has 2 heterocycles. The highest BCUT2D eigenvalue weighted by Crippen LogP contribution is 2.41. The summed E-state index contributed by atoms with van der Waals surface area (Å²) < 4.78 is 0.953. The van der Waals surface area contributed by atoms with Crippen LogP contribution in [-0.2, 0) is 9.59 Å². The Morgan fingerprint density at radius 3 is 2.69 bits per heavy atom. The summed E-state index contributed by atoms with van der Waals surface area (Å²) >= 11 is 8.68. The molecule has 3 aromatic rings. The van der Waals surface area contributed by atoms with E-state index in [9.17, 15) is 20.1 Å². The van der Waals surface area contributed by atoms with Crippen LogP contribution < -0.4 is 10.6 Å². The van der Waals surface area contributed by atoms with Gasteiger partial charge in [0.1, 0.15) is 5.92 Å². The van der Waals surface area contributed by atoms with Crippen LogP contribution in [0, 0.1) is 28.6 Å². The summed E-state index contributed by atoms with van der Waals surface area (Å²) in [5.74, 6) is -2.84. The minimum absolute atomic E-state index is 0.0524. The van der Waals surface area contributed by atoms with Crippen molar-refractivity contribution in [3.8, 4) is 12.1 Å². The van der Waals surface area contributed by atoms with Crippen LogP contribution in [0.5, 0.6) is 0 Å². The quantitative estimate of drug-likeness (QED) is 0.559. The van der Waals surface area contributed by atoms with Crippen molar-refractivity contribution in [2.75, 3.05) is 11.1 Å². The van der Waals surface area contributed by atoms with Gasteiger partial charge in [-0.05, 0) is 23.8 Å². The zero-order valence-electron chi connectivity index (χ0n) is 16.3. The van der Waals surface area contributed by atoms with Gasteiger partial charge in [-0.1, -0.05) is 65.0 Å². The average Bonchev–Trinajstić information content (AvgIpc) is 3.19. The Bertz CT molecular complexity index is 1300. The molecule has 2 aromatic carbocycles. The number of nitrogens with zero attached hydrogens (tertiary/aromatic N) is 3. The molecule has 0 saturated carbocycles. The second kappa shape index (κ2) is 9.41. The molecule has 158 valence electrons. The second-order valence-electron chi connectivity index (χ2n) is 6.77. The molecule has 0 saturated heterocycles. The molecule has 2 amide bonds. The van der Waals surface area contributed by atoms with E-state index in [0.717, 1.165) is 22.0 Å². The number of nitriles is 2. The largest absolute Gasteiger partial charge is 0.319 e. The topological polar surface area (TPSA) is 119 Å². The summed E-state index contributed by atoms with van der Waals surface area (Å²) in [6, 6.07) is 18.4. The van der Waals surface area contributed by atoms with Crippen molar-refractivity contribution < 1.29 is 9.59 Å². The van der Waals surface area contributed by atoms with Gasteiger partial charge >= 0.3 is 0 Å². The molecule has 4 rings (SSSR count). The number of para-hydroxylation sites is 1. The molecule has 0 unspecified atom stereocenters. The molecule has 32 heavy (non-hydrogen) atoms. The molecule has 0 aliphatic carbocycles. The van der Waals surface area contributed by atoms with Crippen LogP contribution in [-0.4, -0.2) is 22.6 Å². The number of anilines is 1. The van der Waals surface area contributed by atoms with Gasteiger partial charge in [0.05, 0.1) is 38.7 Å². The molecule has 1 aliphatic heterocycles. The number of halogens is 1. The number of hydrogen-bond acceptors (Lipinski definition) is 7. The SMILES string of the molecule is N#CC1=C(SCC(=O)Nc2nc3ccccc3s2)NC(=O)[C@H](C#N)[C@@H]1c1ccccc1Cl. The Balaban J connectivity index is 1.56. The fourth-order valence-corrected chi connectivity index (χ4v) is 5.35. The van der Waals surface area contributed by atoms with Crippen molar-refractivity contribution in [2.45, 2.75) is 5.92 Å². The fraction of sp³-hybridized carbons (Fsp3) is 0.136. The lowest BCUT2D eigenvalue weighted by Gasteiger charge is -2.29. The third kappa shape index (κ3) is 4.32. The standard InChI is InChI=1S/C22H14ClN5O2S2/c23-15-6-2-1-5-12(15)19-13(9-24)20(30)28-21(14(19)10-25)31-11-18(29)27-22-26-16-7-3-4-8-17(16)32-22/h1-8,13,19H,11H2,(H,28,30)(H,26,27,29)/t13-,19+/m1/s1. The average molecular weight is 480 g/mol. The highest BCUT2D eigenvalue weighted by molar-refractivity contribution is 8.03. The maximum absolute atomic E-state index is 12.6. The molecule has 1 aliphatic rings. The Morgan fingerprint density at radius 1 is 1.22 bits per heavy atom. The van der Waals surface area contributed by atoms with Gasteiger partial charge in [-0.3, -0.25) is 9.59 Å². The summed E-state index contributed by atoms with van der Waals surface area (Å²) in [6.07, 6.45) is 0. The maximum Gasteiger partial charge on any atom is 0.243 e. The molecule has 0 fully saturated rings. The van der Waals surface area contributed by atoms with E-state index in [4.69, 9.17) is 11.6 Å². The number of benzene rings is 2. The first-order valence-electron chi connectivity index (χ1n) is 9.39. The number of allylic oxidation sites excluding steroid dienone is 1. The Kier molecular flexibility index (Phi) is 6.42. The zero-order valence-corrected chi connectivity index (χ0v) is 18.7. The lowest BCUT2D eigenvalue weighted by atomic mass is 9.79. The Labute approximate surface area is 196 Å². The van der Waals surface area contributed by atoms with E-state index in [-0.39, 0.29) is 22.3 Å². The molecule has 2 atom stereocenters. The number of fused-ring (bicyclic) bond motifs is 1. The number of carbonyl (C=O) groups is 2. The summed E-state index contributed by atoms with van der Waals surface area (Å²) in [7, 11) is 0. The van der Waals surface area contributed by atoms with Crippen LogP contribution in [0.3, 0.4) is 0 Å². The molecule has 0 spiro atoms. The van der Waals surface area contributed by atoms with Crippen LogP contribution in [0.15, 0.2) is 59.1 Å². The van der Waals surface area contributed by atoms with E-state index in [2.05, 4.69) is 21.7 Å². The van der Waals surface area contributed by atoms with Gasteiger partial charge in [-0.15, -0.1) is 0 Å². The predicted octanol–water partition coefficient (Wildman–Crippen LogP) is 4.41.